The highest BCUT2D eigenvalue weighted by Crippen LogP contribution is 2.33. The Kier molecular flexibility index (Phi) is 6.28. The molecule has 2 aliphatic rings. The molecule has 2 aromatic carbocycles. The van der Waals surface area contributed by atoms with Crippen LogP contribution in [0, 0.1) is 6.92 Å². The van der Waals surface area contributed by atoms with E-state index >= 15 is 0 Å². The lowest BCUT2D eigenvalue weighted by Crippen LogP contribution is -2.40. The number of nitrogens with zero attached hydrogens (tertiary/aromatic N) is 5. The minimum Gasteiger partial charge on any atom is -0.341 e. The van der Waals surface area contributed by atoms with Crippen LogP contribution in [0.2, 0.25) is 0 Å². The van der Waals surface area contributed by atoms with E-state index in [9.17, 15) is 9.59 Å². The van der Waals surface area contributed by atoms with Crippen LogP contribution in [0.5, 0.6) is 0 Å². The van der Waals surface area contributed by atoms with Crippen molar-refractivity contribution < 1.29 is 9.59 Å². The molecular formula is C25H28N6O2S. The molecule has 2 amide bonds. The van der Waals surface area contributed by atoms with Gasteiger partial charge in [-0.3, -0.25) is 14.2 Å². The van der Waals surface area contributed by atoms with E-state index in [0.717, 1.165) is 43.3 Å². The molecule has 9 heteroatoms. The highest BCUT2D eigenvalue weighted by molar-refractivity contribution is 7.99. The van der Waals surface area contributed by atoms with Crippen molar-refractivity contribution in [1.29, 1.82) is 0 Å². The van der Waals surface area contributed by atoms with Gasteiger partial charge in [-0.25, -0.2) is 0 Å². The molecular weight excluding hydrogens is 448 g/mol. The number of amides is 2. The maximum Gasteiger partial charge on any atom is 0.237 e. The fourth-order valence-corrected chi connectivity index (χ4v) is 5.37. The first-order chi connectivity index (χ1) is 16.5. The third-order valence-electron chi connectivity index (χ3n) is 6.25. The minimum atomic E-state index is -0.244. The number of anilines is 3. The Morgan fingerprint density at radius 1 is 1.09 bits per heavy atom. The molecule has 1 fully saturated rings. The Hall–Kier alpha value is -3.33. The number of fused-ring (bicyclic) bond motifs is 1. The van der Waals surface area contributed by atoms with E-state index < -0.39 is 0 Å². The van der Waals surface area contributed by atoms with E-state index in [1.165, 1.54) is 17.3 Å². The van der Waals surface area contributed by atoms with Gasteiger partial charge in [0.2, 0.25) is 17.8 Å². The maximum atomic E-state index is 13.5. The summed E-state index contributed by atoms with van der Waals surface area (Å²) in [7, 11) is 0. The number of hydrogen-bond acceptors (Lipinski definition) is 6. The molecule has 0 aliphatic carbocycles. The van der Waals surface area contributed by atoms with Crippen LogP contribution in [-0.2, 0) is 9.59 Å². The summed E-state index contributed by atoms with van der Waals surface area (Å²) >= 11 is 1.38. The standard InChI is InChI=1S/C25H28N6O2S/c1-17-9-11-19(12-10-17)31-24(29-13-5-6-14-29)27-28-25(31)34-16-23(33)30-18(2)15-22(32)26-20-7-3-4-8-21(20)30/h3-4,7-12,18H,5-6,13-16H2,1-2H3,(H,26,32). The Morgan fingerprint density at radius 2 is 1.82 bits per heavy atom. The number of para-hydroxylation sites is 2. The summed E-state index contributed by atoms with van der Waals surface area (Å²) in [5.74, 6) is 0.858. The second kappa shape index (κ2) is 9.50. The lowest BCUT2D eigenvalue weighted by molar-refractivity contribution is -0.117. The molecule has 1 saturated heterocycles. The molecule has 0 bridgehead atoms. The molecule has 34 heavy (non-hydrogen) atoms. The summed E-state index contributed by atoms with van der Waals surface area (Å²) in [6, 6.07) is 15.5. The molecule has 1 N–H and O–H groups in total. The number of nitrogens with one attached hydrogen (secondary N) is 1. The van der Waals surface area contributed by atoms with E-state index in [1.54, 1.807) is 4.90 Å². The summed E-state index contributed by atoms with van der Waals surface area (Å²) in [4.78, 5) is 29.7. The fourth-order valence-electron chi connectivity index (χ4n) is 4.56. The SMILES string of the molecule is Cc1ccc(-n2c(SCC(=O)N3c4ccccc4NC(=O)CC3C)nnc2N2CCCC2)cc1. The Bertz CT molecular complexity index is 1200. The van der Waals surface area contributed by atoms with Gasteiger partial charge in [0.1, 0.15) is 0 Å². The van der Waals surface area contributed by atoms with Gasteiger partial charge in [0, 0.05) is 25.6 Å². The molecule has 8 nitrogen and oxygen atoms in total. The van der Waals surface area contributed by atoms with E-state index in [0.29, 0.717) is 10.8 Å². The first-order valence-corrected chi connectivity index (χ1v) is 12.6. The van der Waals surface area contributed by atoms with Crippen LogP contribution >= 0.6 is 11.8 Å². The van der Waals surface area contributed by atoms with Crippen LogP contribution in [0.1, 0.15) is 31.7 Å². The van der Waals surface area contributed by atoms with Gasteiger partial charge in [-0.2, -0.15) is 0 Å². The molecule has 1 atom stereocenters. The highest BCUT2D eigenvalue weighted by atomic mass is 32.2. The molecule has 3 heterocycles. The van der Waals surface area contributed by atoms with Crippen LogP contribution in [0.4, 0.5) is 17.3 Å². The van der Waals surface area contributed by atoms with Crippen LogP contribution in [-0.4, -0.2) is 51.5 Å². The molecule has 1 unspecified atom stereocenters. The normalized spacial score (nSPS) is 17.9. The Morgan fingerprint density at radius 3 is 2.59 bits per heavy atom. The third kappa shape index (κ3) is 4.40. The van der Waals surface area contributed by atoms with E-state index in [-0.39, 0.29) is 30.0 Å². The van der Waals surface area contributed by atoms with Crippen molar-refractivity contribution in [2.45, 2.75) is 44.3 Å². The summed E-state index contributed by atoms with van der Waals surface area (Å²) in [6.07, 6.45) is 2.53. The van der Waals surface area contributed by atoms with Crippen molar-refractivity contribution in [3.63, 3.8) is 0 Å². The predicted octanol–water partition coefficient (Wildman–Crippen LogP) is 4.03. The largest absolute Gasteiger partial charge is 0.341 e. The number of hydrogen-bond donors (Lipinski definition) is 1. The average molecular weight is 477 g/mol. The molecule has 0 spiro atoms. The first-order valence-electron chi connectivity index (χ1n) is 11.6. The van der Waals surface area contributed by atoms with Gasteiger partial charge in [0.05, 0.1) is 22.8 Å². The zero-order chi connectivity index (χ0) is 23.7. The third-order valence-corrected chi connectivity index (χ3v) is 7.16. The molecule has 5 rings (SSSR count). The van der Waals surface area contributed by atoms with Gasteiger partial charge in [-0.15, -0.1) is 10.2 Å². The Balaban J connectivity index is 1.42. The van der Waals surface area contributed by atoms with Gasteiger partial charge < -0.3 is 15.1 Å². The maximum absolute atomic E-state index is 13.5. The zero-order valence-corrected chi connectivity index (χ0v) is 20.2. The second-order valence-electron chi connectivity index (χ2n) is 8.82. The Labute approximate surface area is 203 Å². The van der Waals surface area contributed by atoms with Crippen LogP contribution < -0.4 is 15.1 Å². The molecule has 2 aliphatic heterocycles. The number of rotatable bonds is 5. The summed E-state index contributed by atoms with van der Waals surface area (Å²) in [5.41, 5.74) is 3.55. The fraction of sp³-hybridized carbons (Fsp3) is 0.360. The van der Waals surface area contributed by atoms with Crippen molar-refractivity contribution in [1.82, 2.24) is 14.8 Å². The first kappa shape index (κ1) is 22.5. The van der Waals surface area contributed by atoms with Crippen LogP contribution in [0.15, 0.2) is 53.7 Å². The lowest BCUT2D eigenvalue weighted by atomic mass is 10.2. The number of aromatic nitrogens is 3. The van der Waals surface area contributed by atoms with Gasteiger partial charge in [0.15, 0.2) is 5.16 Å². The quantitative estimate of drug-likeness (QED) is 0.560. The summed E-state index contributed by atoms with van der Waals surface area (Å²) in [5, 5.41) is 12.6. The number of thioether (sulfide) groups is 1. The van der Waals surface area contributed by atoms with Gasteiger partial charge in [-0.1, -0.05) is 41.6 Å². The average Bonchev–Trinajstić information content (AvgIpc) is 3.47. The lowest BCUT2D eigenvalue weighted by Gasteiger charge is -2.27. The van der Waals surface area contributed by atoms with E-state index in [2.05, 4.69) is 51.6 Å². The van der Waals surface area contributed by atoms with Crippen molar-refractivity contribution in [3.8, 4) is 5.69 Å². The van der Waals surface area contributed by atoms with Gasteiger partial charge in [0.25, 0.3) is 0 Å². The monoisotopic (exact) mass is 476 g/mol. The van der Waals surface area contributed by atoms with Crippen LogP contribution in [0.25, 0.3) is 5.69 Å². The van der Waals surface area contributed by atoms with Gasteiger partial charge in [-0.05, 0) is 51.0 Å². The highest BCUT2D eigenvalue weighted by Gasteiger charge is 2.30. The van der Waals surface area contributed by atoms with Crippen molar-refractivity contribution >= 4 is 40.9 Å². The predicted molar refractivity (Wildman–Crippen MR) is 135 cm³/mol. The molecule has 3 aromatic rings. The summed E-state index contributed by atoms with van der Waals surface area (Å²) in [6.45, 7) is 5.88. The molecule has 176 valence electrons. The molecule has 0 radical (unpaired) electrons. The number of carbonyl (C=O) groups excluding carboxylic acids is 2. The topological polar surface area (TPSA) is 83.4 Å². The molecule has 0 saturated carbocycles. The number of carbonyl (C=O) groups is 2. The second-order valence-corrected chi connectivity index (χ2v) is 9.76. The minimum absolute atomic E-state index is 0.0670. The zero-order valence-electron chi connectivity index (χ0n) is 19.4. The van der Waals surface area contributed by atoms with E-state index in [1.807, 2.05) is 35.8 Å². The van der Waals surface area contributed by atoms with Crippen molar-refractivity contribution in [2.24, 2.45) is 0 Å². The van der Waals surface area contributed by atoms with Crippen LogP contribution in [0.3, 0.4) is 0 Å². The molecule has 1 aromatic heterocycles. The number of benzene rings is 2. The number of aryl methyl sites for hydroxylation is 1. The smallest absolute Gasteiger partial charge is 0.237 e. The van der Waals surface area contributed by atoms with Crippen molar-refractivity contribution in [2.75, 3.05) is 34.0 Å². The summed E-state index contributed by atoms with van der Waals surface area (Å²) < 4.78 is 2.05. The van der Waals surface area contributed by atoms with Gasteiger partial charge >= 0.3 is 0 Å². The van der Waals surface area contributed by atoms with Crippen molar-refractivity contribution in [3.05, 3.63) is 54.1 Å². The van der Waals surface area contributed by atoms with E-state index in [4.69, 9.17) is 0 Å².